The van der Waals surface area contributed by atoms with Crippen LogP contribution in [-0.4, -0.2) is 13.2 Å². The highest BCUT2D eigenvalue weighted by Gasteiger charge is 2.18. The molecule has 0 aromatic heterocycles. The average Bonchev–Trinajstić information content (AvgIpc) is 2.41. The molecule has 5 heteroatoms. The van der Waals surface area contributed by atoms with E-state index in [9.17, 15) is 8.78 Å². The van der Waals surface area contributed by atoms with Gasteiger partial charge in [0.1, 0.15) is 5.75 Å². The van der Waals surface area contributed by atoms with Crippen LogP contribution in [0.3, 0.4) is 0 Å². The van der Waals surface area contributed by atoms with E-state index in [4.69, 9.17) is 11.6 Å². The van der Waals surface area contributed by atoms with Gasteiger partial charge in [-0.15, -0.1) is 0 Å². The van der Waals surface area contributed by atoms with Gasteiger partial charge in [0.25, 0.3) is 0 Å². The van der Waals surface area contributed by atoms with Gasteiger partial charge < -0.3 is 10.1 Å². The van der Waals surface area contributed by atoms with Crippen molar-refractivity contribution in [3.05, 3.63) is 28.8 Å². The Morgan fingerprint density at radius 3 is 2.90 bits per heavy atom. The Bertz CT molecular complexity index is 456. The molecule has 2 rings (SSSR count). The van der Waals surface area contributed by atoms with E-state index in [1.54, 1.807) is 12.1 Å². The monoisotopic (exact) mass is 317 g/mol. The summed E-state index contributed by atoms with van der Waals surface area (Å²) in [7, 11) is 0. The van der Waals surface area contributed by atoms with Crippen molar-refractivity contribution in [2.45, 2.75) is 45.8 Å². The number of benzene rings is 1. The molecule has 0 aliphatic heterocycles. The summed E-state index contributed by atoms with van der Waals surface area (Å²) in [6, 6.07) is 4.73. The number of rotatable bonds is 6. The van der Waals surface area contributed by atoms with E-state index < -0.39 is 6.61 Å². The molecule has 1 N–H and O–H groups in total. The average molecular weight is 318 g/mol. The number of hydrogen-bond acceptors (Lipinski definition) is 2. The van der Waals surface area contributed by atoms with Crippen molar-refractivity contribution in [2.24, 2.45) is 11.8 Å². The molecule has 0 heterocycles. The first-order chi connectivity index (χ1) is 10.0. The maximum absolute atomic E-state index is 12.4. The molecule has 2 unspecified atom stereocenters. The molecule has 118 valence electrons. The molecule has 2 nitrogen and oxygen atoms in total. The second kappa shape index (κ2) is 7.95. The van der Waals surface area contributed by atoms with Crippen molar-refractivity contribution < 1.29 is 13.5 Å². The van der Waals surface area contributed by atoms with Gasteiger partial charge in [-0.2, -0.15) is 8.78 Å². The molecular formula is C16H22ClF2NO. The molecule has 1 fully saturated rings. The van der Waals surface area contributed by atoms with Crippen LogP contribution in [0.15, 0.2) is 18.2 Å². The molecule has 1 aliphatic rings. The minimum atomic E-state index is -2.82. The first-order valence-corrected chi connectivity index (χ1v) is 7.86. The topological polar surface area (TPSA) is 21.3 Å². The lowest BCUT2D eigenvalue weighted by Crippen LogP contribution is -2.26. The van der Waals surface area contributed by atoms with E-state index in [0.29, 0.717) is 23.0 Å². The summed E-state index contributed by atoms with van der Waals surface area (Å²) in [6.07, 6.45) is 5.08. The lowest BCUT2D eigenvalue weighted by atomic mass is 9.82. The number of nitrogens with one attached hydrogen (secondary N) is 1. The molecule has 0 bridgehead atoms. The summed E-state index contributed by atoms with van der Waals surface area (Å²) in [5.41, 5.74) is 0.673. The Morgan fingerprint density at radius 1 is 1.38 bits per heavy atom. The first kappa shape index (κ1) is 16.5. The molecular weight excluding hydrogens is 296 g/mol. The van der Waals surface area contributed by atoms with Crippen molar-refractivity contribution in [1.82, 2.24) is 5.32 Å². The van der Waals surface area contributed by atoms with Crippen molar-refractivity contribution in [3.8, 4) is 5.75 Å². The van der Waals surface area contributed by atoms with Gasteiger partial charge in [-0.05, 0) is 49.4 Å². The molecule has 0 saturated heterocycles. The third kappa shape index (κ3) is 5.44. The van der Waals surface area contributed by atoms with E-state index in [1.165, 1.54) is 31.7 Å². The number of halogens is 3. The van der Waals surface area contributed by atoms with E-state index in [0.717, 1.165) is 12.5 Å². The van der Waals surface area contributed by atoms with Gasteiger partial charge in [0.2, 0.25) is 0 Å². The van der Waals surface area contributed by atoms with Gasteiger partial charge in [-0.1, -0.05) is 31.4 Å². The highest BCUT2D eigenvalue weighted by atomic mass is 35.5. The quantitative estimate of drug-likeness (QED) is 0.809. The molecule has 1 aromatic rings. The molecule has 1 saturated carbocycles. The van der Waals surface area contributed by atoms with Crippen LogP contribution in [0.2, 0.25) is 5.02 Å². The number of ether oxygens (including phenoxy) is 1. The molecule has 2 atom stereocenters. The Hall–Kier alpha value is -0.870. The summed E-state index contributed by atoms with van der Waals surface area (Å²) < 4.78 is 29.3. The fourth-order valence-corrected chi connectivity index (χ4v) is 3.25. The second-order valence-corrected chi connectivity index (χ2v) is 6.34. The molecule has 0 spiro atoms. The fraction of sp³-hybridized carbons (Fsp3) is 0.625. The minimum Gasteiger partial charge on any atom is -0.434 e. The van der Waals surface area contributed by atoms with E-state index in [1.807, 2.05) is 0 Å². The van der Waals surface area contributed by atoms with Crippen molar-refractivity contribution in [1.29, 1.82) is 0 Å². The van der Waals surface area contributed by atoms with Crippen LogP contribution >= 0.6 is 11.6 Å². The van der Waals surface area contributed by atoms with Crippen molar-refractivity contribution >= 4 is 11.6 Å². The Kier molecular flexibility index (Phi) is 6.24. The SMILES string of the molecule is CC1CCCC(CNCc2cc(Cl)ccc2OC(F)F)C1. The predicted octanol–water partition coefficient (Wildman–Crippen LogP) is 4.86. The number of hydrogen-bond donors (Lipinski definition) is 1. The zero-order valence-electron chi connectivity index (χ0n) is 12.2. The summed E-state index contributed by atoms with van der Waals surface area (Å²) in [6.45, 7) is 0.875. The maximum Gasteiger partial charge on any atom is 0.387 e. The maximum atomic E-state index is 12.4. The normalized spacial score (nSPS) is 22.5. The Labute approximate surface area is 129 Å². The highest BCUT2D eigenvalue weighted by molar-refractivity contribution is 6.30. The molecule has 0 radical (unpaired) electrons. The van der Waals surface area contributed by atoms with E-state index in [2.05, 4.69) is 17.0 Å². The van der Waals surface area contributed by atoms with Crippen LogP contribution in [0.4, 0.5) is 8.78 Å². The summed E-state index contributed by atoms with van der Waals surface area (Å²) in [5.74, 6) is 1.65. The zero-order chi connectivity index (χ0) is 15.2. The Balaban J connectivity index is 1.88. The van der Waals surface area contributed by atoms with Crippen molar-refractivity contribution in [3.63, 3.8) is 0 Å². The van der Waals surface area contributed by atoms with Gasteiger partial charge in [-0.25, -0.2) is 0 Å². The minimum absolute atomic E-state index is 0.193. The van der Waals surface area contributed by atoms with Crippen LogP contribution in [0.5, 0.6) is 5.75 Å². The van der Waals surface area contributed by atoms with E-state index in [-0.39, 0.29) is 5.75 Å². The molecule has 21 heavy (non-hydrogen) atoms. The lowest BCUT2D eigenvalue weighted by Gasteiger charge is -2.27. The summed E-state index contributed by atoms with van der Waals surface area (Å²) >= 11 is 5.93. The van der Waals surface area contributed by atoms with Crippen LogP contribution in [-0.2, 0) is 6.54 Å². The summed E-state index contributed by atoms with van der Waals surface area (Å²) in [5, 5.41) is 3.88. The van der Waals surface area contributed by atoms with Crippen LogP contribution < -0.4 is 10.1 Å². The standard InChI is InChI=1S/C16H22ClF2NO/c1-11-3-2-4-12(7-11)9-20-10-13-8-14(17)5-6-15(13)21-16(18)19/h5-6,8,11-12,16,20H,2-4,7,9-10H2,1H3. The van der Waals surface area contributed by atoms with Gasteiger partial charge in [-0.3, -0.25) is 0 Å². The van der Waals surface area contributed by atoms with E-state index >= 15 is 0 Å². The molecule has 1 aliphatic carbocycles. The molecule has 1 aromatic carbocycles. The van der Waals surface area contributed by atoms with Gasteiger partial charge in [0.15, 0.2) is 0 Å². The van der Waals surface area contributed by atoms with Crippen LogP contribution in [0.25, 0.3) is 0 Å². The first-order valence-electron chi connectivity index (χ1n) is 7.48. The smallest absolute Gasteiger partial charge is 0.387 e. The number of alkyl halides is 2. The third-order valence-corrected chi connectivity index (χ3v) is 4.27. The predicted molar refractivity (Wildman–Crippen MR) is 80.9 cm³/mol. The largest absolute Gasteiger partial charge is 0.434 e. The zero-order valence-corrected chi connectivity index (χ0v) is 13.0. The fourth-order valence-electron chi connectivity index (χ4n) is 3.05. The van der Waals surface area contributed by atoms with Gasteiger partial charge in [0.05, 0.1) is 0 Å². The second-order valence-electron chi connectivity index (χ2n) is 5.90. The summed E-state index contributed by atoms with van der Waals surface area (Å²) in [4.78, 5) is 0. The van der Waals surface area contributed by atoms with Gasteiger partial charge >= 0.3 is 6.61 Å². The van der Waals surface area contributed by atoms with Crippen LogP contribution in [0, 0.1) is 11.8 Å². The molecule has 0 amide bonds. The van der Waals surface area contributed by atoms with Crippen LogP contribution in [0.1, 0.15) is 38.2 Å². The highest BCUT2D eigenvalue weighted by Crippen LogP contribution is 2.28. The third-order valence-electron chi connectivity index (χ3n) is 4.03. The Morgan fingerprint density at radius 2 is 2.19 bits per heavy atom. The lowest BCUT2D eigenvalue weighted by molar-refractivity contribution is -0.0505. The van der Waals surface area contributed by atoms with Gasteiger partial charge in [0, 0.05) is 17.1 Å². The van der Waals surface area contributed by atoms with Crippen molar-refractivity contribution in [2.75, 3.05) is 6.54 Å².